The standard InChI is InChI=1S/C15H13FN2O3/c16-14-7-2-1-4-11(14)8-9-15(19)17-12-5-3-6-13(10-12)18(20)21/h1-7,10H,8-9H2,(H,17,19). The first kappa shape index (κ1) is 14.6. The Kier molecular flexibility index (Phi) is 4.61. The van der Waals surface area contributed by atoms with Gasteiger partial charge in [-0.25, -0.2) is 4.39 Å². The van der Waals surface area contributed by atoms with Crippen molar-refractivity contribution in [3.05, 3.63) is 70.0 Å². The normalized spacial score (nSPS) is 10.1. The number of benzene rings is 2. The van der Waals surface area contributed by atoms with Gasteiger partial charge in [-0.3, -0.25) is 14.9 Å². The van der Waals surface area contributed by atoms with E-state index >= 15 is 0 Å². The Morgan fingerprint density at radius 3 is 2.67 bits per heavy atom. The fourth-order valence-electron chi connectivity index (χ4n) is 1.87. The predicted molar refractivity (Wildman–Crippen MR) is 76.4 cm³/mol. The van der Waals surface area contributed by atoms with Crippen LogP contribution in [-0.2, 0) is 11.2 Å². The summed E-state index contributed by atoms with van der Waals surface area (Å²) in [5.74, 6) is -0.667. The summed E-state index contributed by atoms with van der Waals surface area (Å²) in [4.78, 5) is 21.9. The number of carbonyl (C=O) groups excluding carboxylic acids is 1. The summed E-state index contributed by atoms with van der Waals surface area (Å²) in [5.41, 5.74) is 0.719. The van der Waals surface area contributed by atoms with Gasteiger partial charge in [-0.15, -0.1) is 0 Å². The quantitative estimate of drug-likeness (QED) is 0.677. The van der Waals surface area contributed by atoms with Gasteiger partial charge in [-0.05, 0) is 24.1 Å². The number of nitrogens with zero attached hydrogens (tertiary/aromatic N) is 1. The summed E-state index contributed by atoms with van der Waals surface area (Å²) in [6.45, 7) is 0. The van der Waals surface area contributed by atoms with Crippen molar-refractivity contribution in [1.29, 1.82) is 0 Å². The molecule has 0 saturated heterocycles. The number of rotatable bonds is 5. The second kappa shape index (κ2) is 6.60. The minimum Gasteiger partial charge on any atom is -0.326 e. The first-order chi connectivity index (χ1) is 10.1. The van der Waals surface area contributed by atoms with Crippen LogP contribution in [0.2, 0.25) is 0 Å². The third-order valence-electron chi connectivity index (χ3n) is 2.92. The van der Waals surface area contributed by atoms with Crippen LogP contribution in [0.25, 0.3) is 0 Å². The van der Waals surface area contributed by atoms with Crippen molar-refractivity contribution in [3.8, 4) is 0 Å². The van der Waals surface area contributed by atoms with Gasteiger partial charge in [0.05, 0.1) is 4.92 Å². The fourth-order valence-corrected chi connectivity index (χ4v) is 1.87. The number of halogens is 1. The van der Waals surface area contributed by atoms with Crippen LogP contribution in [0.3, 0.4) is 0 Å². The van der Waals surface area contributed by atoms with Crippen LogP contribution < -0.4 is 5.32 Å². The van der Waals surface area contributed by atoms with E-state index in [0.717, 1.165) is 0 Å². The molecule has 1 amide bonds. The van der Waals surface area contributed by atoms with E-state index in [2.05, 4.69) is 5.32 Å². The van der Waals surface area contributed by atoms with Crippen LogP contribution >= 0.6 is 0 Å². The van der Waals surface area contributed by atoms with Gasteiger partial charge in [0.2, 0.25) is 5.91 Å². The van der Waals surface area contributed by atoms with E-state index in [-0.39, 0.29) is 30.3 Å². The van der Waals surface area contributed by atoms with Crippen molar-refractivity contribution in [2.75, 3.05) is 5.32 Å². The summed E-state index contributed by atoms with van der Waals surface area (Å²) in [5, 5.41) is 13.2. The highest BCUT2D eigenvalue weighted by molar-refractivity contribution is 5.91. The molecule has 0 aromatic heterocycles. The Morgan fingerprint density at radius 2 is 1.95 bits per heavy atom. The van der Waals surface area contributed by atoms with Crippen LogP contribution in [0.1, 0.15) is 12.0 Å². The number of anilines is 1. The van der Waals surface area contributed by atoms with E-state index < -0.39 is 4.92 Å². The molecule has 0 spiro atoms. The predicted octanol–water partition coefficient (Wildman–Crippen LogP) is 3.31. The van der Waals surface area contributed by atoms with Crippen LogP contribution in [0, 0.1) is 15.9 Å². The fraction of sp³-hybridized carbons (Fsp3) is 0.133. The second-order valence-electron chi connectivity index (χ2n) is 4.45. The number of carbonyl (C=O) groups is 1. The van der Waals surface area contributed by atoms with Crippen molar-refractivity contribution in [2.45, 2.75) is 12.8 Å². The maximum absolute atomic E-state index is 13.4. The maximum atomic E-state index is 13.4. The molecule has 0 saturated carbocycles. The molecular weight excluding hydrogens is 275 g/mol. The third-order valence-corrected chi connectivity index (χ3v) is 2.92. The molecule has 21 heavy (non-hydrogen) atoms. The minimum atomic E-state index is -0.533. The van der Waals surface area contributed by atoms with Gasteiger partial charge in [0.25, 0.3) is 5.69 Å². The highest BCUT2D eigenvalue weighted by Crippen LogP contribution is 2.17. The van der Waals surface area contributed by atoms with E-state index in [9.17, 15) is 19.3 Å². The molecule has 2 rings (SSSR count). The maximum Gasteiger partial charge on any atom is 0.271 e. The molecule has 0 fully saturated rings. The van der Waals surface area contributed by atoms with Crippen LogP contribution in [-0.4, -0.2) is 10.8 Å². The summed E-state index contributed by atoms with van der Waals surface area (Å²) < 4.78 is 13.4. The lowest BCUT2D eigenvalue weighted by atomic mass is 10.1. The molecule has 0 bridgehead atoms. The Hall–Kier alpha value is -2.76. The van der Waals surface area contributed by atoms with Crippen molar-refractivity contribution in [1.82, 2.24) is 0 Å². The molecule has 0 radical (unpaired) electrons. The van der Waals surface area contributed by atoms with Gasteiger partial charge >= 0.3 is 0 Å². The molecule has 0 heterocycles. The number of nitro groups is 1. The molecule has 0 unspecified atom stereocenters. The van der Waals surface area contributed by atoms with E-state index in [1.807, 2.05) is 0 Å². The largest absolute Gasteiger partial charge is 0.326 e. The van der Waals surface area contributed by atoms with Crippen LogP contribution in [0.15, 0.2) is 48.5 Å². The first-order valence-corrected chi connectivity index (χ1v) is 6.34. The molecule has 5 nitrogen and oxygen atoms in total. The van der Waals surface area contributed by atoms with Gasteiger partial charge in [-0.1, -0.05) is 24.3 Å². The number of amides is 1. The minimum absolute atomic E-state index is 0.0955. The number of non-ortho nitro benzene ring substituents is 1. The summed E-state index contributed by atoms with van der Waals surface area (Å²) in [7, 11) is 0. The lowest BCUT2D eigenvalue weighted by molar-refractivity contribution is -0.384. The molecule has 0 atom stereocenters. The van der Waals surface area contributed by atoms with E-state index in [4.69, 9.17) is 0 Å². The van der Waals surface area contributed by atoms with Crippen molar-refractivity contribution < 1.29 is 14.1 Å². The van der Waals surface area contributed by atoms with E-state index in [0.29, 0.717) is 11.3 Å². The Morgan fingerprint density at radius 1 is 1.19 bits per heavy atom. The lowest BCUT2D eigenvalue weighted by Crippen LogP contribution is -2.12. The van der Waals surface area contributed by atoms with E-state index in [1.54, 1.807) is 24.3 Å². The SMILES string of the molecule is O=C(CCc1ccccc1F)Nc1cccc([N+](=O)[O-])c1. The molecule has 2 aromatic rings. The number of aryl methyl sites for hydroxylation is 1. The zero-order chi connectivity index (χ0) is 15.2. The zero-order valence-electron chi connectivity index (χ0n) is 11.1. The van der Waals surface area contributed by atoms with Crippen LogP contribution in [0.4, 0.5) is 15.8 Å². The zero-order valence-corrected chi connectivity index (χ0v) is 11.1. The number of nitro benzene ring substituents is 1. The molecule has 0 aliphatic rings. The number of hydrogen-bond donors (Lipinski definition) is 1. The average molecular weight is 288 g/mol. The Labute approximate surface area is 120 Å². The van der Waals surface area contributed by atoms with Crippen molar-refractivity contribution in [2.24, 2.45) is 0 Å². The molecule has 1 N–H and O–H groups in total. The third kappa shape index (κ3) is 4.10. The van der Waals surface area contributed by atoms with Gasteiger partial charge in [0.15, 0.2) is 0 Å². The highest BCUT2D eigenvalue weighted by atomic mass is 19.1. The smallest absolute Gasteiger partial charge is 0.271 e. The number of nitrogens with one attached hydrogen (secondary N) is 1. The van der Waals surface area contributed by atoms with Gasteiger partial charge in [0.1, 0.15) is 5.82 Å². The topological polar surface area (TPSA) is 72.2 Å². The van der Waals surface area contributed by atoms with Gasteiger partial charge in [0, 0.05) is 24.2 Å². The molecule has 6 heteroatoms. The average Bonchev–Trinajstić information content (AvgIpc) is 2.46. The second-order valence-corrected chi connectivity index (χ2v) is 4.45. The molecule has 0 aliphatic heterocycles. The van der Waals surface area contributed by atoms with Crippen molar-refractivity contribution >= 4 is 17.3 Å². The summed E-state index contributed by atoms with van der Waals surface area (Å²) in [6, 6.07) is 11.9. The highest BCUT2D eigenvalue weighted by Gasteiger charge is 2.09. The van der Waals surface area contributed by atoms with Gasteiger partial charge in [-0.2, -0.15) is 0 Å². The lowest BCUT2D eigenvalue weighted by Gasteiger charge is -2.06. The Bertz CT molecular complexity index is 673. The molecular formula is C15H13FN2O3. The number of hydrogen-bond acceptors (Lipinski definition) is 3. The van der Waals surface area contributed by atoms with Gasteiger partial charge < -0.3 is 5.32 Å². The summed E-state index contributed by atoms with van der Waals surface area (Å²) >= 11 is 0. The van der Waals surface area contributed by atoms with E-state index in [1.165, 1.54) is 24.3 Å². The molecule has 108 valence electrons. The Balaban J connectivity index is 1.95. The van der Waals surface area contributed by atoms with Crippen LogP contribution in [0.5, 0.6) is 0 Å². The molecule has 0 aliphatic carbocycles. The molecule has 2 aromatic carbocycles. The first-order valence-electron chi connectivity index (χ1n) is 6.34. The monoisotopic (exact) mass is 288 g/mol. The van der Waals surface area contributed by atoms with Crippen molar-refractivity contribution in [3.63, 3.8) is 0 Å². The summed E-state index contributed by atoms with van der Waals surface area (Å²) in [6.07, 6.45) is 0.372.